The van der Waals surface area contributed by atoms with Gasteiger partial charge in [-0.2, -0.15) is 0 Å². The first-order chi connectivity index (χ1) is 16.0. The lowest BCUT2D eigenvalue weighted by molar-refractivity contribution is -0.121. The van der Waals surface area contributed by atoms with Crippen LogP contribution < -0.4 is 10.1 Å². The molecule has 0 radical (unpaired) electrons. The number of nitrogens with zero attached hydrogens (tertiary/aromatic N) is 2. The molecule has 1 N–H and O–H groups in total. The Hall–Kier alpha value is -3.68. The van der Waals surface area contributed by atoms with Crippen molar-refractivity contribution in [2.24, 2.45) is 5.92 Å². The number of amides is 4. The van der Waals surface area contributed by atoms with Crippen molar-refractivity contribution in [2.75, 3.05) is 26.2 Å². The van der Waals surface area contributed by atoms with Crippen LogP contribution in [0.5, 0.6) is 5.75 Å². The molecule has 8 nitrogen and oxygen atoms in total. The summed E-state index contributed by atoms with van der Waals surface area (Å²) in [6.45, 7) is 1.95. The zero-order chi connectivity index (χ0) is 23.2. The number of hydrogen-bond donors (Lipinski definition) is 1. The van der Waals surface area contributed by atoms with Crippen LogP contribution in [-0.4, -0.2) is 59.8 Å². The highest BCUT2D eigenvalue weighted by Gasteiger charge is 2.34. The van der Waals surface area contributed by atoms with Crippen LogP contribution in [0.25, 0.3) is 0 Å². The molecular weight excluding hydrogens is 422 g/mol. The van der Waals surface area contributed by atoms with Gasteiger partial charge in [0.2, 0.25) is 5.91 Å². The average molecular weight is 450 g/mol. The van der Waals surface area contributed by atoms with Gasteiger partial charge < -0.3 is 15.0 Å². The van der Waals surface area contributed by atoms with E-state index in [1.54, 1.807) is 41.3 Å². The van der Waals surface area contributed by atoms with Crippen molar-refractivity contribution in [2.45, 2.75) is 25.7 Å². The highest BCUT2D eigenvalue weighted by Crippen LogP contribution is 2.23. The van der Waals surface area contributed by atoms with E-state index in [0.717, 1.165) is 12.8 Å². The summed E-state index contributed by atoms with van der Waals surface area (Å²) in [4.78, 5) is 52.1. The lowest BCUT2D eigenvalue weighted by atomic mass is 9.97. The smallest absolute Gasteiger partial charge is 0.410 e. The number of rotatable bonds is 7. The molecule has 1 fully saturated rings. The summed E-state index contributed by atoms with van der Waals surface area (Å²) < 4.78 is 5.37. The topological polar surface area (TPSA) is 96.0 Å². The third-order valence-corrected chi connectivity index (χ3v) is 6.07. The fourth-order valence-electron chi connectivity index (χ4n) is 4.16. The lowest BCUT2D eigenvalue weighted by Gasteiger charge is -2.31. The summed E-state index contributed by atoms with van der Waals surface area (Å²) >= 11 is 0. The summed E-state index contributed by atoms with van der Waals surface area (Å²) in [5, 5.41) is 2.94. The molecule has 1 saturated heterocycles. The van der Waals surface area contributed by atoms with Crippen LogP contribution in [0.4, 0.5) is 4.79 Å². The van der Waals surface area contributed by atoms with Crippen LogP contribution in [0.15, 0.2) is 54.6 Å². The monoisotopic (exact) mass is 449 g/mol. The molecule has 8 heteroatoms. The van der Waals surface area contributed by atoms with Crippen LogP contribution in [0.2, 0.25) is 0 Å². The van der Waals surface area contributed by atoms with Gasteiger partial charge in [0.05, 0.1) is 11.1 Å². The second-order valence-electron chi connectivity index (χ2n) is 8.33. The van der Waals surface area contributed by atoms with E-state index in [4.69, 9.17) is 4.74 Å². The SMILES string of the molecule is O=C(CCCN1C(=O)c2ccccc2C1=O)NCC1CCN(C(=O)Oc2ccccc2)CC1. The number of carbonyl (C=O) groups excluding carboxylic acids is 4. The number of fused-ring (bicyclic) bond motifs is 1. The molecule has 0 aliphatic carbocycles. The zero-order valence-corrected chi connectivity index (χ0v) is 18.4. The molecule has 4 rings (SSSR count). The molecule has 0 saturated carbocycles. The van der Waals surface area contributed by atoms with Gasteiger partial charge in [-0.25, -0.2) is 4.79 Å². The van der Waals surface area contributed by atoms with E-state index < -0.39 is 0 Å². The molecule has 2 aromatic carbocycles. The standard InChI is InChI=1S/C25H27N3O5/c29-22(11-6-14-28-23(30)20-9-4-5-10-21(20)24(28)31)26-17-18-12-15-27(16-13-18)25(32)33-19-7-2-1-3-8-19/h1-5,7-10,18H,6,11-17H2,(H,26,29). The number of imide groups is 1. The molecule has 2 heterocycles. The first-order valence-electron chi connectivity index (χ1n) is 11.3. The Morgan fingerprint density at radius 1 is 0.909 bits per heavy atom. The third kappa shape index (κ3) is 5.39. The van der Waals surface area contributed by atoms with Crippen LogP contribution in [0.1, 0.15) is 46.4 Å². The summed E-state index contributed by atoms with van der Waals surface area (Å²) in [6, 6.07) is 15.7. The van der Waals surface area contributed by atoms with Crippen LogP contribution >= 0.6 is 0 Å². The molecule has 0 spiro atoms. The number of hydrogen-bond acceptors (Lipinski definition) is 5. The van der Waals surface area contributed by atoms with Crippen LogP contribution in [-0.2, 0) is 4.79 Å². The molecule has 4 amide bonds. The highest BCUT2D eigenvalue weighted by molar-refractivity contribution is 6.21. The number of benzene rings is 2. The van der Waals surface area contributed by atoms with E-state index >= 15 is 0 Å². The number of likely N-dealkylation sites (tertiary alicyclic amines) is 1. The quantitative estimate of drug-likeness (QED) is 0.656. The predicted molar refractivity (Wildman–Crippen MR) is 121 cm³/mol. The lowest BCUT2D eigenvalue weighted by Crippen LogP contribution is -2.42. The number of piperidine rings is 1. The van der Waals surface area contributed by atoms with Gasteiger partial charge in [0, 0.05) is 32.6 Å². The predicted octanol–water partition coefficient (Wildman–Crippen LogP) is 3.09. The van der Waals surface area contributed by atoms with Crippen molar-refractivity contribution in [1.29, 1.82) is 0 Å². The Bertz CT molecular complexity index is 996. The molecular formula is C25H27N3O5. The van der Waals surface area contributed by atoms with Gasteiger partial charge >= 0.3 is 6.09 Å². The molecule has 33 heavy (non-hydrogen) atoms. The van der Waals surface area contributed by atoms with Crippen molar-refractivity contribution in [1.82, 2.24) is 15.1 Å². The van der Waals surface area contributed by atoms with Gasteiger partial charge in [-0.3, -0.25) is 19.3 Å². The van der Waals surface area contributed by atoms with Gasteiger partial charge in [-0.1, -0.05) is 30.3 Å². The molecule has 172 valence electrons. The molecule has 0 bridgehead atoms. The summed E-state index contributed by atoms with van der Waals surface area (Å²) in [5.74, 6) is 0.128. The van der Waals surface area contributed by atoms with Gasteiger partial charge in [0.25, 0.3) is 11.8 Å². The maximum Gasteiger partial charge on any atom is 0.415 e. The minimum absolute atomic E-state index is 0.0995. The van der Waals surface area contributed by atoms with Gasteiger partial charge in [-0.15, -0.1) is 0 Å². The first kappa shape index (κ1) is 22.5. The number of nitrogens with one attached hydrogen (secondary N) is 1. The number of para-hydroxylation sites is 1. The summed E-state index contributed by atoms with van der Waals surface area (Å²) in [5.41, 5.74) is 0.844. The summed E-state index contributed by atoms with van der Waals surface area (Å²) in [6.07, 6.45) is 1.90. The van der Waals surface area contributed by atoms with Gasteiger partial charge in [0.15, 0.2) is 0 Å². The van der Waals surface area contributed by atoms with Crippen LogP contribution in [0.3, 0.4) is 0 Å². The number of carbonyl (C=O) groups is 4. The van der Waals surface area contributed by atoms with Crippen LogP contribution in [0, 0.1) is 5.92 Å². The maximum absolute atomic E-state index is 12.4. The molecule has 2 aromatic rings. The zero-order valence-electron chi connectivity index (χ0n) is 18.4. The Morgan fingerprint density at radius 2 is 1.52 bits per heavy atom. The second kappa shape index (κ2) is 10.3. The Morgan fingerprint density at radius 3 is 2.15 bits per heavy atom. The Balaban J connectivity index is 1.13. The molecule has 0 unspecified atom stereocenters. The minimum atomic E-state index is -0.350. The van der Waals surface area contributed by atoms with E-state index in [-0.39, 0.29) is 36.8 Å². The van der Waals surface area contributed by atoms with E-state index in [1.165, 1.54) is 4.90 Å². The third-order valence-electron chi connectivity index (χ3n) is 6.07. The van der Waals surface area contributed by atoms with Crippen molar-refractivity contribution in [3.05, 3.63) is 65.7 Å². The van der Waals surface area contributed by atoms with Gasteiger partial charge in [-0.05, 0) is 49.4 Å². The Labute approximate surface area is 192 Å². The average Bonchev–Trinajstić information content (AvgIpc) is 3.09. The fourth-order valence-corrected chi connectivity index (χ4v) is 4.16. The van der Waals surface area contributed by atoms with E-state index in [9.17, 15) is 19.2 Å². The second-order valence-corrected chi connectivity index (χ2v) is 8.33. The molecule has 2 aliphatic heterocycles. The molecule has 0 atom stereocenters. The maximum atomic E-state index is 12.4. The largest absolute Gasteiger partial charge is 0.415 e. The van der Waals surface area contributed by atoms with E-state index in [1.807, 2.05) is 18.2 Å². The highest BCUT2D eigenvalue weighted by atomic mass is 16.6. The first-order valence-corrected chi connectivity index (χ1v) is 11.3. The van der Waals surface area contributed by atoms with Crippen molar-refractivity contribution < 1.29 is 23.9 Å². The Kier molecular flexibility index (Phi) is 7.02. The molecule has 2 aliphatic rings. The van der Waals surface area contributed by atoms with Crippen molar-refractivity contribution in [3.63, 3.8) is 0 Å². The molecule has 0 aromatic heterocycles. The number of ether oxygens (including phenoxy) is 1. The fraction of sp³-hybridized carbons (Fsp3) is 0.360. The van der Waals surface area contributed by atoms with E-state index in [2.05, 4.69) is 5.32 Å². The van der Waals surface area contributed by atoms with E-state index in [0.29, 0.717) is 48.8 Å². The minimum Gasteiger partial charge on any atom is -0.410 e. The normalized spacial score (nSPS) is 16.0. The van der Waals surface area contributed by atoms with Gasteiger partial charge in [0.1, 0.15) is 5.75 Å². The summed E-state index contributed by atoms with van der Waals surface area (Å²) in [7, 11) is 0. The van der Waals surface area contributed by atoms with Crippen molar-refractivity contribution >= 4 is 23.8 Å². The van der Waals surface area contributed by atoms with Crippen molar-refractivity contribution in [3.8, 4) is 5.75 Å².